The molecular formula is C18H19FN2O. The smallest absolute Gasteiger partial charge is 0.219 e. The Balaban J connectivity index is 1.84. The summed E-state index contributed by atoms with van der Waals surface area (Å²) >= 11 is 0. The van der Waals surface area contributed by atoms with Crippen molar-refractivity contribution < 1.29 is 9.18 Å². The zero-order valence-corrected chi connectivity index (χ0v) is 12.6. The van der Waals surface area contributed by atoms with Gasteiger partial charge in [-0.1, -0.05) is 6.07 Å². The zero-order chi connectivity index (χ0) is 15.5. The Bertz CT molecular complexity index is 669. The molecule has 1 saturated heterocycles. The molecule has 1 fully saturated rings. The Kier molecular flexibility index (Phi) is 4.18. The molecular weight excluding hydrogens is 279 g/mol. The standard InChI is InChI=1S/C18H19FN2O/c1-13(22)21-11-3-4-15(12-21)18-6-2-5-17(20-18)14-7-9-16(19)10-8-14/h2,5-10,15H,3-4,11-12H2,1H3/t15-/m1/s1. The van der Waals surface area contributed by atoms with Crippen LogP contribution in [0.5, 0.6) is 0 Å². The van der Waals surface area contributed by atoms with Crippen molar-refractivity contribution in [1.82, 2.24) is 9.88 Å². The summed E-state index contributed by atoms with van der Waals surface area (Å²) in [6, 6.07) is 12.3. The largest absolute Gasteiger partial charge is 0.342 e. The number of nitrogens with zero attached hydrogens (tertiary/aromatic N) is 2. The van der Waals surface area contributed by atoms with Crippen molar-refractivity contribution in [3.05, 3.63) is 54.0 Å². The van der Waals surface area contributed by atoms with Crippen LogP contribution < -0.4 is 0 Å². The number of benzene rings is 1. The minimum atomic E-state index is -0.246. The topological polar surface area (TPSA) is 33.2 Å². The molecule has 0 saturated carbocycles. The van der Waals surface area contributed by atoms with Crippen LogP contribution in [0.25, 0.3) is 11.3 Å². The Morgan fingerprint density at radius 1 is 1.23 bits per heavy atom. The van der Waals surface area contributed by atoms with E-state index in [1.165, 1.54) is 12.1 Å². The van der Waals surface area contributed by atoms with Crippen LogP contribution in [0.4, 0.5) is 4.39 Å². The second kappa shape index (κ2) is 6.26. The van der Waals surface area contributed by atoms with Gasteiger partial charge in [-0.3, -0.25) is 9.78 Å². The number of likely N-dealkylation sites (tertiary alicyclic amines) is 1. The summed E-state index contributed by atoms with van der Waals surface area (Å²) in [7, 11) is 0. The van der Waals surface area contributed by atoms with Crippen molar-refractivity contribution in [2.24, 2.45) is 0 Å². The number of hydrogen-bond acceptors (Lipinski definition) is 2. The van der Waals surface area contributed by atoms with Gasteiger partial charge < -0.3 is 4.90 Å². The van der Waals surface area contributed by atoms with Crippen molar-refractivity contribution in [2.45, 2.75) is 25.7 Å². The maximum Gasteiger partial charge on any atom is 0.219 e. The van der Waals surface area contributed by atoms with E-state index in [-0.39, 0.29) is 17.6 Å². The second-order valence-corrected chi connectivity index (χ2v) is 5.76. The molecule has 1 aromatic carbocycles. The highest BCUT2D eigenvalue weighted by Crippen LogP contribution is 2.27. The maximum absolute atomic E-state index is 13.0. The summed E-state index contributed by atoms with van der Waals surface area (Å²) in [5.74, 6) is 0.154. The number of amides is 1. The van der Waals surface area contributed by atoms with E-state index in [1.54, 1.807) is 19.1 Å². The van der Waals surface area contributed by atoms with Crippen LogP contribution in [0.1, 0.15) is 31.4 Å². The molecule has 0 radical (unpaired) electrons. The minimum absolute atomic E-state index is 0.124. The molecule has 2 aromatic rings. The number of aromatic nitrogens is 1. The highest BCUT2D eigenvalue weighted by molar-refractivity contribution is 5.73. The van der Waals surface area contributed by atoms with E-state index in [2.05, 4.69) is 0 Å². The monoisotopic (exact) mass is 298 g/mol. The molecule has 1 aliphatic rings. The molecule has 1 atom stereocenters. The average molecular weight is 298 g/mol. The predicted octanol–water partition coefficient (Wildman–Crippen LogP) is 3.61. The highest BCUT2D eigenvalue weighted by atomic mass is 19.1. The van der Waals surface area contributed by atoms with E-state index in [0.717, 1.165) is 42.9 Å². The van der Waals surface area contributed by atoms with Crippen LogP contribution in [0.15, 0.2) is 42.5 Å². The second-order valence-electron chi connectivity index (χ2n) is 5.76. The number of halogens is 1. The number of carbonyl (C=O) groups excluding carboxylic acids is 1. The van der Waals surface area contributed by atoms with Gasteiger partial charge in [0, 0.05) is 37.2 Å². The summed E-state index contributed by atoms with van der Waals surface area (Å²) in [5.41, 5.74) is 2.76. The molecule has 0 aliphatic carbocycles. The third-order valence-corrected chi connectivity index (χ3v) is 4.20. The molecule has 4 heteroatoms. The normalized spacial score (nSPS) is 18.3. The summed E-state index contributed by atoms with van der Waals surface area (Å²) in [4.78, 5) is 18.2. The van der Waals surface area contributed by atoms with Gasteiger partial charge in [-0.25, -0.2) is 4.39 Å². The van der Waals surface area contributed by atoms with E-state index in [0.29, 0.717) is 0 Å². The molecule has 0 bridgehead atoms. The summed E-state index contributed by atoms with van der Waals surface area (Å²) in [6.45, 7) is 3.18. The van der Waals surface area contributed by atoms with Gasteiger partial charge in [-0.15, -0.1) is 0 Å². The quantitative estimate of drug-likeness (QED) is 0.848. The van der Waals surface area contributed by atoms with Crippen LogP contribution in [0, 0.1) is 5.82 Å². The molecule has 0 N–H and O–H groups in total. The number of pyridine rings is 1. The van der Waals surface area contributed by atoms with Crippen LogP contribution in [-0.2, 0) is 4.79 Å². The lowest BCUT2D eigenvalue weighted by Crippen LogP contribution is -2.37. The van der Waals surface area contributed by atoms with Crippen molar-refractivity contribution in [3.63, 3.8) is 0 Å². The average Bonchev–Trinajstić information content (AvgIpc) is 2.56. The lowest BCUT2D eigenvalue weighted by atomic mass is 9.94. The third kappa shape index (κ3) is 3.16. The Hall–Kier alpha value is -2.23. The molecule has 22 heavy (non-hydrogen) atoms. The van der Waals surface area contributed by atoms with Crippen molar-refractivity contribution in [1.29, 1.82) is 0 Å². The van der Waals surface area contributed by atoms with Crippen LogP contribution in [0.2, 0.25) is 0 Å². The third-order valence-electron chi connectivity index (χ3n) is 4.20. The number of piperidine rings is 1. The van der Waals surface area contributed by atoms with Crippen molar-refractivity contribution in [3.8, 4) is 11.3 Å². The summed E-state index contributed by atoms with van der Waals surface area (Å²) < 4.78 is 13.0. The van der Waals surface area contributed by atoms with Crippen LogP contribution >= 0.6 is 0 Å². The van der Waals surface area contributed by atoms with Gasteiger partial charge in [0.25, 0.3) is 0 Å². The lowest BCUT2D eigenvalue weighted by Gasteiger charge is -2.31. The van der Waals surface area contributed by atoms with E-state index in [4.69, 9.17) is 4.98 Å². The molecule has 2 heterocycles. The van der Waals surface area contributed by atoms with Gasteiger partial charge in [-0.2, -0.15) is 0 Å². The Labute approximate surface area is 129 Å². The molecule has 1 amide bonds. The fourth-order valence-electron chi connectivity index (χ4n) is 2.96. The first kappa shape index (κ1) is 14.7. The zero-order valence-electron chi connectivity index (χ0n) is 12.6. The molecule has 1 aliphatic heterocycles. The van der Waals surface area contributed by atoms with Gasteiger partial charge in [0.05, 0.1) is 5.69 Å². The van der Waals surface area contributed by atoms with Crippen molar-refractivity contribution >= 4 is 5.91 Å². The number of carbonyl (C=O) groups is 1. The fourth-order valence-corrected chi connectivity index (χ4v) is 2.96. The predicted molar refractivity (Wildman–Crippen MR) is 83.9 cm³/mol. The molecule has 3 rings (SSSR count). The lowest BCUT2D eigenvalue weighted by molar-refractivity contribution is -0.130. The summed E-state index contributed by atoms with van der Waals surface area (Å²) in [5, 5.41) is 0. The highest BCUT2D eigenvalue weighted by Gasteiger charge is 2.23. The van der Waals surface area contributed by atoms with Crippen LogP contribution in [0.3, 0.4) is 0 Å². The van der Waals surface area contributed by atoms with E-state index < -0.39 is 0 Å². The fraction of sp³-hybridized carbons (Fsp3) is 0.333. The van der Waals surface area contributed by atoms with E-state index >= 15 is 0 Å². The maximum atomic E-state index is 13.0. The van der Waals surface area contributed by atoms with E-state index in [9.17, 15) is 9.18 Å². The number of hydrogen-bond donors (Lipinski definition) is 0. The SMILES string of the molecule is CC(=O)N1CCC[C@@H](c2cccc(-c3ccc(F)cc3)n2)C1. The first-order chi connectivity index (χ1) is 10.6. The first-order valence-electron chi connectivity index (χ1n) is 7.62. The first-order valence-corrected chi connectivity index (χ1v) is 7.62. The van der Waals surface area contributed by atoms with Gasteiger partial charge in [-0.05, 0) is 49.2 Å². The number of rotatable bonds is 2. The molecule has 114 valence electrons. The van der Waals surface area contributed by atoms with Gasteiger partial charge >= 0.3 is 0 Å². The van der Waals surface area contributed by atoms with Gasteiger partial charge in [0.15, 0.2) is 0 Å². The Morgan fingerprint density at radius 3 is 2.73 bits per heavy atom. The summed E-state index contributed by atoms with van der Waals surface area (Å²) in [6.07, 6.45) is 2.05. The Morgan fingerprint density at radius 2 is 2.00 bits per heavy atom. The molecule has 0 unspecified atom stereocenters. The molecule has 3 nitrogen and oxygen atoms in total. The molecule has 1 aromatic heterocycles. The van der Waals surface area contributed by atoms with Crippen LogP contribution in [-0.4, -0.2) is 28.9 Å². The van der Waals surface area contributed by atoms with Gasteiger partial charge in [0.2, 0.25) is 5.91 Å². The van der Waals surface area contributed by atoms with E-state index in [1.807, 2.05) is 23.1 Å². The van der Waals surface area contributed by atoms with Crippen molar-refractivity contribution in [2.75, 3.05) is 13.1 Å². The minimum Gasteiger partial charge on any atom is -0.342 e. The van der Waals surface area contributed by atoms with Gasteiger partial charge in [0.1, 0.15) is 5.82 Å². The molecule has 0 spiro atoms.